The van der Waals surface area contributed by atoms with Crippen LogP contribution in [-0.2, 0) is 6.42 Å². The zero-order valence-corrected chi connectivity index (χ0v) is 14.3. The molecule has 0 aliphatic carbocycles. The monoisotopic (exact) mass is 338 g/mol. The van der Waals surface area contributed by atoms with Gasteiger partial charge in [0.25, 0.3) is 0 Å². The van der Waals surface area contributed by atoms with Crippen molar-refractivity contribution in [3.05, 3.63) is 71.3 Å². The molecule has 24 heavy (non-hydrogen) atoms. The molecule has 4 nitrogen and oxygen atoms in total. The fourth-order valence-electron chi connectivity index (χ4n) is 3.36. The maximum atomic E-state index is 6.19. The number of fused-ring (bicyclic) bond motifs is 1. The minimum atomic E-state index is 0.417. The molecule has 3 aromatic rings. The Kier molecular flexibility index (Phi) is 3.98. The number of benzene rings is 1. The van der Waals surface area contributed by atoms with E-state index in [0.717, 1.165) is 36.2 Å². The van der Waals surface area contributed by atoms with Crippen molar-refractivity contribution in [3.63, 3.8) is 0 Å². The van der Waals surface area contributed by atoms with Crippen molar-refractivity contribution in [2.45, 2.75) is 19.3 Å². The summed E-state index contributed by atoms with van der Waals surface area (Å²) in [6, 6.07) is 12.4. The Morgan fingerprint density at radius 2 is 2.04 bits per heavy atom. The van der Waals surface area contributed by atoms with Crippen LogP contribution in [-0.4, -0.2) is 27.6 Å². The van der Waals surface area contributed by atoms with E-state index >= 15 is 0 Å². The molecule has 3 heterocycles. The summed E-state index contributed by atoms with van der Waals surface area (Å²) in [4.78, 5) is 11.3. The zero-order valence-electron chi connectivity index (χ0n) is 13.6. The van der Waals surface area contributed by atoms with E-state index in [1.165, 1.54) is 11.1 Å². The normalized spacial score (nSPS) is 17.4. The van der Waals surface area contributed by atoms with Crippen LogP contribution in [0.1, 0.15) is 24.0 Å². The lowest BCUT2D eigenvalue weighted by Gasteiger charge is -2.24. The molecule has 0 saturated carbocycles. The Balaban J connectivity index is 1.63. The molecule has 1 aromatic carbocycles. The van der Waals surface area contributed by atoms with Crippen LogP contribution in [0.2, 0.25) is 5.02 Å². The molecule has 1 aliphatic heterocycles. The molecule has 2 aromatic heterocycles. The first kappa shape index (κ1) is 15.2. The Labute approximate surface area is 146 Å². The Bertz CT molecular complexity index is 844. The fraction of sp³-hybridized carbons (Fsp3) is 0.263. The van der Waals surface area contributed by atoms with E-state index in [0.29, 0.717) is 5.92 Å². The third kappa shape index (κ3) is 2.89. The minimum Gasteiger partial charge on any atom is -0.356 e. The number of hydrogen-bond acceptors (Lipinski definition) is 3. The van der Waals surface area contributed by atoms with E-state index in [1.54, 1.807) is 12.5 Å². The van der Waals surface area contributed by atoms with Crippen molar-refractivity contribution in [2.75, 3.05) is 18.0 Å². The lowest BCUT2D eigenvalue weighted by Crippen LogP contribution is -2.28. The predicted octanol–water partition coefficient (Wildman–Crippen LogP) is 4.09. The first-order valence-corrected chi connectivity index (χ1v) is 8.57. The Hall–Kier alpha value is -2.33. The quantitative estimate of drug-likeness (QED) is 0.705. The van der Waals surface area contributed by atoms with E-state index in [4.69, 9.17) is 16.6 Å². The average Bonchev–Trinajstić information content (AvgIpc) is 3.08. The topological polar surface area (TPSA) is 34.0 Å². The van der Waals surface area contributed by atoms with Crippen LogP contribution in [0.25, 0.3) is 5.82 Å². The van der Waals surface area contributed by atoms with Crippen molar-refractivity contribution in [3.8, 4) is 5.82 Å². The third-order valence-corrected chi connectivity index (χ3v) is 4.83. The molecule has 1 atom stereocenters. The van der Waals surface area contributed by atoms with Gasteiger partial charge in [-0.2, -0.15) is 0 Å². The smallest absolute Gasteiger partial charge is 0.140 e. The lowest BCUT2D eigenvalue weighted by atomic mass is 9.95. The molecule has 0 bridgehead atoms. The number of hydrogen-bond donors (Lipinski definition) is 0. The van der Waals surface area contributed by atoms with E-state index in [-0.39, 0.29) is 0 Å². The van der Waals surface area contributed by atoms with Crippen LogP contribution in [0.15, 0.2) is 55.1 Å². The predicted molar refractivity (Wildman–Crippen MR) is 97.1 cm³/mol. The summed E-state index contributed by atoms with van der Waals surface area (Å²) in [5.41, 5.74) is 2.75. The van der Waals surface area contributed by atoms with Gasteiger partial charge < -0.3 is 4.90 Å². The first-order valence-electron chi connectivity index (χ1n) is 8.19. The maximum Gasteiger partial charge on any atom is 0.140 e. The van der Waals surface area contributed by atoms with Crippen molar-refractivity contribution in [1.82, 2.24) is 14.5 Å². The summed E-state index contributed by atoms with van der Waals surface area (Å²) < 4.78 is 1.93. The van der Waals surface area contributed by atoms with Gasteiger partial charge in [0.2, 0.25) is 0 Å². The van der Waals surface area contributed by atoms with Gasteiger partial charge in [0.15, 0.2) is 0 Å². The molecule has 0 amide bonds. The molecule has 4 rings (SSSR count). The van der Waals surface area contributed by atoms with E-state index in [9.17, 15) is 0 Å². The first-order chi connectivity index (χ1) is 11.7. The van der Waals surface area contributed by atoms with Crippen LogP contribution in [0, 0.1) is 0 Å². The maximum absolute atomic E-state index is 6.19. The largest absolute Gasteiger partial charge is 0.356 e. The van der Waals surface area contributed by atoms with E-state index in [1.807, 2.05) is 22.9 Å². The Morgan fingerprint density at radius 1 is 1.17 bits per heavy atom. The van der Waals surface area contributed by atoms with Gasteiger partial charge in [-0.1, -0.05) is 30.7 Å². The highest BCUT2D eigenvalue weighted by Gasteiger charge is 2.21. The number of nitrogens with zero attached hydrogens (tertiary/aromatic N) is 4. The summed E-state index contributed by atoms with van der Waals surface area (Å²) in [7, 11) is 0. The van der Waals surface area contributed by atoms with E-state index < -0.39 is 0 Å². The second-order valence-corrected chi connectivity index (χ2v) is 6.70. The number of imidazole rings is 1. The van der Waals surface area contributed by atoms with Crippen LogP contribution >= 0.6 is 11.6 Å². The molecule has 0 unspecified atom stereocenters. The van der Waals surface area contributed by atoms with E-state index in [2.05, 4.69) is 41.1 Å². The lowest BCUT2D eigenvalue weighted by molar-refractivity contribution is 0.707. The van der Waals surface area contributed by atoms with Gasteiger partial charge in [0.05, 0.1) is 0 Å². The van der Waals surface area contributed by atoms with Crippen molar-refractivity contribution in [2.24, 2.45) is 0 Å². The molecule has 0 spiro atoms. The van der Waals surface area contributed by atoms with Gasteiger partial charge in [-0.3, -0.25) is 4.57 Å². The van der Waals surface area contributed by atoms with Gasteiger partial charge in [-0.25, -0.2) is 9.97 Å². The summed E-state index contributed by atoms with van der Waals surface area (Å²) in [6.07, 6.45) is 6.46. The van der Waals surface area contributed by atoms with Crippen LogP contribution in [0.5, 0.6) is 0 Å². The van der Waals surface area contributed by atoms with Gasteiger partial charge in [0, 0.05) is 30.5 Å². The molecule has 122 valence electrons. The van der Waals surface area contributed by atoms with Crippen molar-refractivity contribution in [1.29, 1.82) is 0 Å². The molecular weight excluding hydrogens is 320 g/mol. The third-order valence-electron chi connectivity index (χ3n) is 4.60. The SMILES string of the molecule is C[C@H]1CN(c2cccc(-n3ccnc3)n2)CCc2ccc(Cl)cc21. The molecule has 0 N–H and O–H groups in total. The minimum absolute atomic E-state index is 0.417. The summed E-state index contributed by atoms with van der Waals surface area (Å²) in [6.45, 7) is 4.15. The standard InChI is InChI=1S/C19H19ClN4/c1-14-12-23(9-7-15-5-6-16(20)11-17(14)15)18-3-2-4-19(22-18)24-10-8-21-13-24/h2-6,8,10-11,13-14H,7,9,12H2,1H3/t14-/m0/s1. The highest BCUT2D eigenvalue weighted by atomic mass is 35.5. The number of rotatable bonds is 2. The van der Waals surface area contributed by atoms with Crippen molar-refractivity contribution >= 4 is 17.4 Å². The van der Waals surface area contributed by atoms with Gasteiger partial charge >= 0.3 is 0 Å². The number of anilines is 1. The van der Waals surface area contributed by atoms with Crippen LogP contribution in [0.3, 0.4) is 0 Å². The average molecular weight is 339 g/mol. The molecule has 5 heteroatoms. The van der Waals surface area contributed by atoms with Gasteiger partial charge in [-0.15, -0.1) is 0 Å². The van der Waals surface area contributed by atoms with Crippen LogP contribution in [0.4, 0.5) is 5.82 Å². The summed E-state index contributed by atoms with van der Waals surface area (Å²) in [5.74, 6) is 2.31. The van der Waals surface area contributed by atoms with Crippen molar-refractivity contribution < 1.29 is 0 Å². The summed E-state index contributed by atoms with van der Waals surface area (Å²) in [5, 5.41) is 0.814. The van der Waals surface area contributed by atoms with Crippen LogP contribution < -0.4 is 4.90 Å². The van der Waals surface area contributed by atoms with Gasteiger partial charge in [-0.05, 0) is 47.7 Å². The molecule has 1 aliphatic rings. The number of aromatic nitrogens is 3. The second kappa shape index (κ2) is 6.29. The fourth-order valence-corrected chi connectivity index (χ4v) is 3.54. The molecule has 0 saturated heterocycles. The zero-order chi connectivity index (χ0) is 16.5. The second-order valence-electron chi connectivity index (χ2n) is 6.26. The Morgan fingerprint density at radius 3 is 2.88 bits per heavy atom. The molecule has 0 radical (unpaired) electrons. The number of pyridine rings is 1. The number of halogens is 1. The van der Waals surface area contributed by atoms with Gasteiger partial charge in [0.1, 0.15) is 18.0 Å². The summed E-state index contributed by atoms with van der Waals surface area (Å²) >= 11 is 6.19. The highest BCUT2D eigenvalue weighted by Crippen LogP contribution is 2.29. The molecule has 0 fully saturated rings. The molecular formula is C19H19ClN4. The highest BCUT2D eigenvalue weighted by molar-refractivity contribution is 6.30.